The maximum atomic E-state index is 12.0. The SMILES string of the molecule is COC(=O)N1c2ccccc2C[C@@]1(C)C(=O)OC. The van der Waals surface area contributed by atoms with E-state index in [1.165, 1.54) is 19.1 Å². The van der Waals surface area contributed by atoms with Crippen LogP contribution < -0.4 is 4.90 Å². The third-order valence-electron chi connectivity index (χ3n) is 3.24. The topological polar surface area (TPSA) is 55.8 Å². The van der Waals surface area contributed by atoms with Crippen LogP contribution in [0.5, 0.6) is 0 Å². The first kappa shape index (κ1) is 12.4. The molecule has 0 radical (unpaired) electrons. The number of amides is 1. The number of nitrogens with zero attached hydrogens (tertiary/aromatic N) is 1. The number of hydrogen-bond donors (Lipinski definition) is 0. The molecule has 1 aliphatic rings. The molecule has 5 heteroatoms. The number of carbonyl (C=O) groups is 2. The number of methoxy groups -OCH3 is 2. The number of anilines is 1. The van der Waals surface area contributed by atoms with Crippen LogP contribution in [0.2, 0.25) is 0 Å². The summed E-state index contributed by atoms with van der Waals surface area (Å²) in [5.74, 6) is -0.455. The molecule has 0 N–H and O–H groups in total. The van der Waals surface area contributed by atoms with Crippen molar-refractivity contribution in [3.63, 3.8) is 0 Å². The van der Waals surface area contributed by atoms with E-state index in [1.54, 1.807) is 13.0 Å². The number of carbonyl (C=O) groups excluding carboxylic acids is 2. The molecule has 96 valence electrons. The number of ether oxygens (including phenoxy) is 2. The summed E-state index contributed by atoms with van der Waals surface area (Å²) < 4.78 is 9.57. The van der Waals surface area contributed by atoms with Crippen molar-refractivity contribution in [3.8, 4) is 0 Å². The molecule has 0 fully saturated rings. The van der Waals surface area contributed by atoms with Crippen LogP contribution in [0.4, 0.5) is 10.5 Å². The summed E-state index contributed by atoms with van der Waals surface area (Å²) in [7, 11) is 2.60. The number of benzene rings is 1. The molecule has 1 heterocycles. The lowest BCUT2D eigenvalue weighted by molar-refractivity contribution is -0.146. The summed E-state index contributed by atoms with van der Waals surface area (Å²) in [6, 6.07) is 7.37. The zero-order valence-corrected chi connectivity index (χ0v) is 10.6. The van der Waals surface area contributed by atoms with Crippen molar-refractivity contribution in [3.05, 3.63) is 29.8 Å². The highest BCUT2D eigenvalue weighted by atomic mass is 16.5. The van der Waals surface area contributed by atoms with Gasteiger partial charge in [-0.1, -0.05) is 18.2 Å². The van der Waals surface area contributed by atoms with E-state index in [0.29, 0.717) is 12.1 Å². The Morgan fingerprint density at radius 3 is 2.50 bits per heavy atom. The molecule has 0 saturated carbocycles. The van der Waals surface area contributed by atoms with Gasteiger partial charge < -0.3 is 9.47 Å². The Balaban J connectivity index is 2.52. The lowest BCUT2D eigenvalue weighted by Gasteiger charge is -2.31. The minimum absolute atomic E-state index is 0.422. The van der Waals surface area contributed by atoms with Gasteiger partial charge in [0.1, 0.15) is 5.54 Å². The highest BCUT2D eigenvalue weighted by molar-refractivity contribution is 6.01. The number of esters is 1. The first-order valence-electron chi connectivity index (χ1n) is 5.59. The van der Waals surface area contributed by atoms with E-state index in [1.807, 2.05) is 18.2 Å². The van der Waals surface area contributed by atoms with Crippen LogP contribution in [0.1, 0.15) is 12.5 Å². The molecular formula is C13H15NO4. The van der Waals surface area contributed by atoms with Gasteiger partial charge in [-0.2, -0.15) is 0 Å². The smallest absolute Gasteiger partial charge is 0.415 e. The van der Waals surface area contributed by atoms with Crippen LogP contribution in [0.15, 0.2) is 24.3 Å². The monoisotopic (exact) mass is 249 g/mol. The van der Waals surface area contributed by atoms with Crippen LogP contribution >= 0.6 is 0 Å². The summed E-state index contributed by atoms with van der Waals surface area (Å²) in [5, 5.41) is 0. The normalized spacial score (nSPS) is 21.4. The molecule has 0 spiro atoms. The van der Waals surface area contributed by atoms with Gasteiger partial charge in [0, 0.05) is 6.42 Å². The molecule has 1 aromatic rings. The largest absolute Gasteiger partial charge is 0.467 e. The van der Waals surface area contributed by atoms with E-state index < -0.39 is 17.6 Å². The van der Waals surface area contributed by atoms with Crippen LogP contribution in [0.25, 0.3) is 0 Å². The molecular weight excluding hydrogens is 234 g/mol. The van der Waals surface area contributed by atoms with Gasteiger partial charge in [-0.15, -0.1) is 0 Å². The molecule has 18 heavy (non-hydrogen) atoms. The van der Waals surface area contributed by atoms with Crippen molar-refractivity contribution in [1.29, 1.82) is 0 Å². The molecule has 2 rings (SSSR count). The fourth-order valence-corrected chi connectivity index (χ4v) is 2.37. The molecule has 1 aromatic carbocycles. The second kappa shape index (κ2) is 4.33. The van der Waals surface area contributed by atoms with Crippen LogP contribution in [-0.4, -0.2) is 31.8 Å². The predicted molar refractivity (Wildman–Crippen MR) is 65.5 cm³/mol. The highest BCUT2D eigenvalue weighted by Crippen LogP contribution is 2.39. The summed E-state index contributed by atoms with van der Waals surface area (Å²) in [5.41, 5.74) is 0.568. The van der Waals surface area contributed by atoms with Crippen molar-refractivity contribution < 1.29 is 19.1 Å². The van der Waals surface area contributed by atoms with Crippen molar-refractivity contribution in [2.24, 2.45) is 0 Å². The van der Waals surface area contributed by atoms with Crippen molar-refractivity contribution >= 4 is 17.7 Å². The Morgan fingerprint density at radius 1 is 1.22 bits per heavy atom. The van der Waals surface area contributed by atoms with Gasteiger partial charge in [-0.05, 0) is 18.6 Å². The number of rotatable bonds is 1. The van der Waals surface area contributed by atoms with Crippen LogP contribution in [0.3, 0.4) is 0 Å². The minimum atomic E-state index is -1.05. The van der Waals surface area contributed by atoms with E-state index in [4.69, 9.17) is 9.47 Å². The first-order valence-corrected chi connectivity index (χ1v) is 5.59. The van der Waals surface area contributed by atoms with Crippen LogP contribution in [0, 0.1) is 0 Å². The van der Waals surface area contributed by atoms with Gasteiger partial charge in [0.05, 0.1) is 19.9 Å². The van der Waals surface area contributed by atoms with Gasteiger partial charge in [-0.3, -0.25) is 4.90 Å². The molecule has 5 nitrogen and oxygen atoms in total. The molecule has 0 unspecified atom stereocenters. The van der Waals surface area contributed by atoms with Gasteiger partial charge in [0.2, 0.25) is 0 Å². The number of hydrogen-bond acceptors (Lipinski definition) is 4. The number of para-hydroxylation sites is 1. The van der Waals surface area contributed by atoms with Crippen LogP contribution in [-0.2, 0) is 20.7 Å². The summed E-state index contributed by atoms with van der Waals surface area (Å²) >= 11 is 0. The lowest BCUT2D eigenvalue weighted by Crippen LogP contribution is -2.54. The Labute approximate surface area is 105 Å². The average molecular weight is 249 g/mol. The molecule has 0 saturated heterocycles. The molecule has 1 atom stereocenters. The van der Waals surface area contributed by atoms with E-state index >= 15 is 0 Å². The van der Waals surface area contributed by atoms with Crippen molar-refractivity contribution in [2.75, 3.05) is 19.1 Å². The average Bonchev–Trinajstić information content (AvgIpc) is 2.70. The van der Waals surface area contributed by atoms with Crippen molar-refractivity contribution in [2.45, 2.75) is 18.9 Å². The molecule has 0 aliphatic carbocycles. The van der Waals surface area contributed by atoms with E-state index in [0.717, 1.165) is 5.56 Å². The van der Waals surface area contributed by atoms with E-state index in [2.05, 4.69) is 0 Å². The minimum Gasteiger partial charge on any atom is -0.467 e. The second-order valence-electron chi connectivity index (χ2n) is 4.38. The summed E-state index contributed by atoms with van der Waals surface area (Å²) in [6.45, 7) is 1.68. The molecule has 1 aliphatic heterocycles. The quantitative estimate of drug-likeness (QED) is 0.711. The highest BCUT2D eigenvalue weighted by Gasteiger charge is 2.50. The van der Waals surface area contributed by atoms with Gasteiger partial charge >= 0.3 is 12.1 Å². The van der Waals surface area contributed by atoms with E-state index in [-0.39, 0.29) is 0 Å². The Bertz CT molecular complexity index is 500. The Morgan fingerprint density at radius 2 is 1.89 bits per heavy atom. The third kappa shape index (κ3) is 1.63. The zero-order chi connectivity index (χ0) is 13.3. The Kier molecular flexibility index (Phi) is 2.98. The molecule has 0 aromatic heterocycles. The Hall–Kier alpha value is -2.04. The van der Waals surface area contributed by atoms with Gasteiger partial charge in [0.15, 0.2) is 0 Å². The fourth-order valence-electron chi connectivity index (χ4n) is 2.37. The van der Waals surface area contributed by atoms with E-state index in [9.17, 15) is 9.59 Å². The third-order valence-corrected chi connectivity index (χ3v) is 3.24. The number of fused-ring (bicyclic) bond motifs is 1. The molecule has 0 bridgehead atoms. The predicted octanol–water partition coefficient (Wildman–Crippen LogP) is 1.75. The first-order chi connectivity index (χ1) is 8.54. The second-order valence-corrected chi connectivity index (χ2v) is 4.38. The van der Waals surface area contributed by atoms with Gasteiger partial charge in [-0.25, -0.2) is 9.59 Å². The summed E-state index contributed by atoms with van der Waals surface area (Å²) in [4.78, 5) is 25.2. The molecule has 1 amide bonds. The summed E-state index contributed by atoms with van der Waals surface area (Å²) in [6.07, 6.45) is -0.141. The van der Waals surface area contributed by atoms with Gasteiger partial charge in [0.25, 0.3) is 0 Å². The zero-order valence-electron chi connectivity index (χ0n) is 10.6. The maximum Gasteiger partial charge on any atom is 0.415 e. The fraction of sp³-hybridized carbons (Fsp3) is 0.385. The lowest BCUT2D eigenvalue weighted by atomic mass is 9.97. The maximum absolute atomic E-state index is 12.0. The van der Waals surface area contributed by atoms with Crippen molar-refractivity contribution in [1.82, 2.24) is 0 Å². The standard InChI is InChI=1S/C13H15NO4/c1-13(11(15)17-2)8-9-6-4-5-7-10(9)14(13)12(16)18-3/h4-7H,8H2,1-3H3/t13-/m0/s1.